The normalized spacial score (nSPS) is 10.5. The summed E-state index contributed by atoms with van der Waals surface area (Å²) < 4.78 is 15.1. The molecule has 1 aromatic carbocycles. The fourth-order valence-corrected chi connectivity index (χ4v) is 2.73. The number of nitrogens with one attached hydrogen (secondary N) is 2. The number of carbonyl (C=O) groups is 3. The number of esters is 2. The Balaban J connectivity index is 2.08. The molecule has 0 bridgehead atoms. The van der Waals surface area contributed by atoms with Gasteiger partial charge in [0.15, 0.2) is 0 Å². The standard InChI is InChI=1S/C21H26N2O6/c1-5-10-28-20(25)15-6-8-16(9-7-15)23-19(24)18-13(2)17(14(3)22-18)21(26)29-12-11-27-4/h6-9,22H,5,10-12H2,1-4H3,(H,23,24). The van der Waals surface area contributed by atoms with Crippen molar-refractivity contribution in [1.29, 1.82) is 0 Å². The van der Waals surface area contributed by atoms with E-state index in [0.29, 0.717) is 41.3 Å². The Hall–Kier alpha value is -3.13. The van der Waals surface area contributed by atoms with E-state index in [1.165, 1.54) is 7.11 Å². The topological polar surface area (TPSA) is 107 Å². The van der Waals surface area contributed by atoms with E-state index in [-0.39, 0.29) is 12.3 Å². The van der Waals surface area contributed by atoms with Crippen molar-refractivity contribution in [2.24, 2.45) is 0 Å². The average Bonchev–Trinajstić information content (AvgIpc) is 3.01. The molecule has 156 valence electrons. The van der Waals surface area contributed by atoms with Gasteiger partial charge in [-0.2, -0.15) is 0 Å². The second kappa shape index (κ2) is 10.4. The van der Waals surface area contributed by atoms with Crippen LogP contribution in [0.25, 0.3) is 0 Å². The second-order valence-electron chi connectivity index (χ2n) is 6.42. The Labute approximate surface area is 169 Å². The third-order valence-corrected chi connectivity index (χ3v) is 4.21. The van der Waals surface area contributed by atoms with Crippen molar-refractivity contribution in [3.05, 3.63) is 52.3 Å². The highest BCUT2D eigenvalue weighted by Crippen LogP contribution is 2.20. The van der Waals surface area contributed by atoms with E-state index in [1.54, 1.807) is 38.1 Å². The number of aryl methyl sites for hydroxylation is 1. The van der Waals surface area contributed by atoms with Gasteiger partial charge in [-0.05, 0) is 50.1 Å². The van der Waals surface area contributed by atoms with Gasteiger partial charge in [0.25, 0.3) is 5.91 Å². The zero-order valence-electron chi connectivity index (χ0n) is 17.1. The minimum atomic E-state index is -0.512. The number of hydrogen-bond acceptors (Lipinski definition) is 6. The molecule has 8 heteroatoms. The summed E-state index contributed by atoms with van der Waals surface area (Å²) in [7, 11) is 1.52. The second-order valence-corrected chi connectivity index (χ2v) is 6.42. The summed E-state index contributed by atoms with van der Waals surface area (Å²) in [6.07, 6.45) is 0.747. The van der Waals surface area contributed by atoms with Crippen molar-refractivity contribution >= 4 is 23.5 Å². The van der Waals surface area contributed by atoms with Crippen LogP contribution >= 0.6 is 0 Å². The maximum absolute atomic E-state index is 12.6. The predicted molar refractivity (Wildman–Crippen MR) is 107 cm³/mol. The number of hydrogen-bond donors (Lipinski definition) is 2. The molecule has 0 atom stereocenters. The van der Waals surface area contributed by atoms with Gasteiger partial charge < -0.3 is 24.5 Å². The molecule has 2 N–H and O–H groups in total. The van der Waals surface area contributed by atoms with Crippen LogP contribution in [0.1, 0.15) is 55.8 Å². The fourth-order valence-electron chi connectivity index (χ4n) is 2.73. The van der Waals surface area contributed by atoms with Gasteiger partial charge in [-0.25, -0.2) is 9.59 Å². The summed E-state index contributed by atoms with van der Waals surface area (Å²) in [5.74, 6) is -1.32. The number of methoxy groups -OCH3 is 1. The molecule has 2 rings (SSSR count). The van der Waals surface area contributed by atoms with Crippen molar-refractivity contribution in [2.45, 2.75) is 27.2 Å². The Bertz CT molecular complexity index is 870. The number of rotatable bonds is 9. The molecule has 1 amide bonds. The predicted octanol–water partition coefficient (Wildman–Crippen LogP) is 3.25. The number of carbonyl (C=O) groups excluding carboxylic acids is 3. The number of benzene rings is 1. The van der Waals surface area contributed by atoms with Crippen LogP contribution in [0.5, 0.6) is 0 Å². The van der Waals surface area contributed by atoms with Crippen LogP contribution in [0.15, 0.2) is 24.3 Å². The van der Waals surface area contributed by atoms with E-state index in [2.05, 4.69) is 10.3 Å². The van der Waals surface area contributed by atoms with Crippen molar-refractivity contribution in [1.82, 2.24) is 4.98 Å². The number of aromatic amines is 1. The first-order valence-corrected chi connectivity index (χ1v) is 9.32. The quantitative estimate of drug-likeness (QED) is 0.493. The molecule has 0 aliphatic carbocycles. The molecule has 0 unspecified atom stereocenters. The lowest BCUT2D eigenvalue weighted by Gasteiger charge is -2.07. The highest BCUT2D eigenvalue weighted by Gasteiger charge is 2.23. The summed E-state index contributed by atoms with van der Waals surface area (Å²) in [6.45, 7) is 6.09. The van der Waals surface area contributed by atoms with Gasteiger partial charge >= 0.3 is 11.9 Å². The average molecular weight is 402 g/mol. The van der Waals surface area contributed by atoms with Crippen LogP contribution < -0.4 is 5.32 Å². The third-order valence-electron chi connectivity index (χ3n) is 4.21. The summed E-state index contributed by atoms with van der Waals surface area (Å²) >= 11 is 0. The summed E-state index contributed by atoms with van der Waals surface area (Å²) in [6, 6.07) is 6.40. The van der Waals surface area contributed by atoms with Crippen LogP contribution in [-0.2, 0) is 14.2 Å². The van der Waals surface area contributed by atoms with E-state index in [1.807, 2.05) is 6.92 Å². The van der Waals surface area contributed by atoms with Crippen LogP contribution in [-0.4, -0.2) is 49.8 Å². The monoisotopic (exact) mass is 402 g/mol. The fraction of sp³-hybridized carbons (Fsp3) is 0.381. The molecule has 0 aliphatic heterocycles. The van der Waals surface area contributed by atoms with Crippen LogP contribution in [0.3, 0.4) is 0 Å². The molecule has 1 aromatic heterocycles. The Morgan fingerprint density at radius 3 is 2.24 bits per heavy atom. The van der Waals surface area contributed by atoms with Gasteiger partial charge in [0, 0.05) is 18.5 Å². The lowest BCUT2D eigenvalue weighted by molar-refractivity contribution is 0.0386. The van der Waals surface area contributed by atoms with E-state index >= 15 is 0 Å². The van der Waals surface area contributed by atoms with Crippen LogP contribution in [0, 0.1) is 13.8 Å². The molecule has 29 heavy (non-hydrogen) atoms. The summed E-state index contributed by atoms with van der Waals surface area (Å²) in [4.78, 5) is 39.7. The number of H-pyrrole nitrogens is 1. The molecular weight excluding hydrogens is 376 g/mol. The van der Waals surface area contributed by atoms with Crippen LogP contribution in [0.4, 0.5) is 5.69 Å². The Morgan fingerprint density at radius 1 is 0.966 bits per heavy atom. The molecule has 0 radical (unpaired) electrons. The largest absolute Gasteiger partial charge is 0.462 e. The molecule has 8 nitrogen and oxygen atoms in total. The summed E-state index contributed by atoms with van der Waals surface area (Å²) in [5, 5.41) is 2.75. The molecule has 0 spiro atoms. The lowest BCUT2D eigenvalue weighted by atomic mass is 10.1. The number of aromatic nitrogens is 1. The van der Waals surface area contributed by atoms with Gasteiger partial charge in [0.05, 0.1) is 24.3 Å². The van der Waals surface area contributed by atoms with Crippen LogP contribution in [0.2, 0.25) is 0 Å². The van der Waals surface area contributed by atoms with Gasteiger partial charge in [0.1, 0.15) is 12.3 Å². The highest BCUT2D eigenvalue weighted by atomic mass is 16.6. The molecule has 0 aliphatic rings. The van der Waals surface area contributed by atoms with Gasteiger partial charge in [-0.1, -0.05) is 6.92 Å². The molecular formula is C21H26N2O6. The Kier molecular flexibility index (Phi) is 7.97. The molecule has 0 saturated carbocycles. The first-order valence-electron chi connectivity index (χ1n) is 9.32. The first kappa shape index (κ1) is 22.2. The summed E-state index contributed by atoms with van der Waals surface area (Å²) in [5.41, 5.74) is 2.57. The highest BCUT2D eigenvalue weighted by molar-refractivity contribution is 6.07. The van der Waals surface area contributed by atoms with E-state index in [9.17, 15) is 14.4 Å². The number of anilines is 1. The molecule has 2 aromatic rings. The van der Waals surface area contributed by atoms with Crippen molar-refractivity contribution in [3.63, 3.8) is 0 Å². The molecule has 0 saturated heterocycles. The van der Waals surface area contributed by atoms with Gasteiger partial charge in [-0.3, -0.25) is 4.79 Å². The molecule has 1 heterocycles. The maximum atomic E-state index is 12.6. The van der Waals surface area contributed by atoms with Crippen molar-refractivity contribution < 1.29 is 28.6 Å². The van der Waals surface area contributed by atoms with Gasteiger partial charge in [-0.15, -0.1) is 0 Å². The number of ether oxygens (including phenoxy) is 3. The third kappa shape index (κ3) is 5.68. The van der Waals surface area contributed by atoms with Crippen molar-refractivity contribution in [3.8, 4) is 0 Å². The van der Waals surface area contributed by atoms with Crippen molar-refractivity contribution in [2.75, 3.05) is 32.2 Å². The minimum Gasteiger partial charge on any atom is -0.462 e. The van der Waals surface area contributed by atoms with E-state index in [0.717, 1.165) is 6.42 Å². The smallest absolute Gasteiger partial charge is 0.340 e. The molecule has 0 fully saturated rings. The van der Waals surface area contributed by atoms with Gasteiger partial charge in [0.2, 0.25) is 0 Å². The zero-order chi connectivity index (χ0) is 21.4. The Morgan fingerprint density at radius 2 is 1.62 bits per heavy atom. The maximum Gasteiger partial charge on any atom is 0.340 e. The zero-order valence-corrected chi connectivity index (χ0v) is 17.1. The lowest BCUT2D eigenvalue weighted by Crippen LogP contribution is -2.15. The van der Waals surface area contributed by atoms with E-state index in [4.69, 9.17) is 14.2 Å². The number of amides is 1. The SMILES string of the molecule is CCCOC(=O)c1ccc(NC(=O)c2[nH]c(C)c(C(=O)OCCOC)c2C)cc1. The first-order chi connectivity index (χ1) is 13.9. The van der Waals surface area contributed by atoms with E-state index < -0.39 is 17.8 Å². The minimum absolute atomic E-state index is 0.133.